The second-order valence-electron chi connectivity index (χ2n) is 8.91. The molecule has 2 aliphatic heterocycles. The van der Waals surface area contributed by atoms with Gasteiger partial charge in [-0.05, 0) is 79.3 Å². The first kappa shape index (κ1) is 21.4. The number of rotatable bonds is 3. The van der Waals surface area contributed by atoms with Crippen molar-refractivity contribution in [3.8, 4) is 11.1 Å². The van der Waals surface area contributed by atoms with Crippen molar-refractivity contribution in [1.29, 1.82) is 0 Å². The quantitative estimate of drug-likeness (QED) is 0.564. The Balaban J connectivity index is 1.51. The summed E-state index contributed by atoms with van der Waals surface area (Å²) < 4.78 is 29.9. The molecular weight excluding hydrogens is 444 g/mol. The molecule has 1 fully saturated rings. The van der Waals surface area contributed by atoms with Crippen LogP contribution >= 0.6 is 11.6 Å². The van der Waals surface area contributed by atoms with Crippen molar-refractivity contribution in [2.24, 2.45) is 5.92 Å². The van der Waals surface area contributed by atoms with Gasteiger partial charge < -0.3 is 4.57 Å². The number of halogens is 1. The molecule has 2 atom stereocenters. The second kappa shape index (κ2) is 7.87. The van der Waals surface area contributed by atoms with Crippen molar-refractivity contribution in [2.75, 3.05) is 13.1 Å². The highest BCUT2D eigenvalue weighted by Crippen LogP contribution is 2.38. The largest absolute Gasteiger partial charge is 0.311 e. The van der Waals surface area contributed by atoms with Crippen molar-refractivity contribution < 1.29 is 8.42 Å². The fourth-order valence-electron chi connectivity index (χ4n) is 5.10. The van der Waals surface area contributed by atoms with Gasteiger partial charge in [-0.1, -0.05) is 29.8 Å². The first-order chi connectivity index (χ1) is 15.3. The molecule has 3 aromatic rings. The molecule has 32 heavy (non-hydrogen) atoms. The molecule has 0 aliphatic carbocycles. The average molecular weight is 469 g/mol. The maximum Gasteiger partial charge on any atom is 0.258 e. The Morgan fingerprint density at radius 3 is 2.41 bits per heavy atom. The molecule has 0 radical (unpaired) electrons. The van der Waals surface area contributed by atoms with Crippen LogP contribution < -0.4 is 5.56 Å². The van der Waals surface area contributed by atoms with E-state index in [1.807, 2.05) is 35.8 Å². The molecule has 0 N–H and O–H groups in total. The molecule has 166 valence electrons. The zero-order valence-electron chi connectivity index (χ0n) is 18.1. The molecule has 5 nitrogen and oxygen atoms in total. The van der Waals surface area contributed by atoms with Gasteiger partial charge in [0.15, 0.2) is 0 Å². The van der Waals surface area contributed by atoms with Gasteiger partial charge in [0.2, 0.25) is 10.0 Å². The minimum absolute atomic E-state index is 0.00457. The zero-order valence-corrected chi connectivity index (χ0v) is 19.7. The highest BCUT2D eigenvalue weighted by molar-refractivity contribution is 7.89. The molecule has 3 heterocycles. The van der Waals surface area contributed by atoms with Crippen LogP contribution in [0.4, 0.5) is 0 Å². The first-order valence-corrected chi connectivity index (χ1v) is 12.6. The second-order valence-corrected chi connectivity index (χ2v) is 11.3. The number of hydrogen-bond donors (Lipinski definition) is 0. The van der Waals surface area contributed by atoms with E-state index >= 15 is 0 Å². The molecule has 0 saturated carbocycles. The van der Waals surface area contributed by atoms with E-state index in [9.17, 15) is 13.2 Å². The molecule has 1 saturated heterocycles. The van der Waals surface area contributed by atoms with Crippen molar-refractivity contribution in [2.45, 2.75) is 37.6 Å². The minimum Gasteiger partial charge on any atom is -0.311 e. The molecule has 0 amide bonds. The number of sulfonamides is 1. The lowest BCUT2D eigenvalue weighted by molar-refractivity contribution is 0.186. The number of aryl methyl sites for hydroxylation is 1. The van der Waals surface area contributed by atoms with Gasteiger partial charge >= 0.3 is 0 Å². The van der Waals surface area contributed by atoms with Crippen LogP contribution in [-0.4, -0.2) is 30.4 Å². The van der Waals surface area contributed by atoms with Crippen LogP contribution in [0.1, 0.15) is 29.2 Å². The van der Waals surface area contributed by atoms with E-state index in [2.05, 4.69) is 13.0 Å². The van der Waals surface area contributed by atoms with Gasteiger partial charge in [0.25, 0.3) is 5.56 Å². The minimum atomic E-state index is -3.61. The molecule has 0 spiro atoms. The lowest BCUT2D eigenvalue weighted by atomic mass is 9.83. The molecule has 5 rings (SSSR count). The zero-order chi connectivity index (χ0) is 22.6. The third-order valence-corrected chi connectivity index (χ3v) is 9.01. The molecule has 2 unspecified atom stereocenters. The van der Waals surface area contributed by atoms with Crippen molar-refractivity contribution in [1.82, 2.24) is 8.87 Å². The third-order valence-electron chi connectivity index (χ3n) is 6.92. The van der Waals surface area contributed by atoms with E-state index in [1.54, 1.807) is 28.6 Å². The highest BCUT2D eigenvalue weighted by atomic mass is 35.5. The summed E-state index contributed by atoms with van der Waals surface area (Å²) in [6.45, 7) is 5.43. The molecule has 2 aromatic carbocycles. The van der Waals surface area contributed by atoms with E-state index in [0.29, 0.717) is 30.2 Å². The molecule has 2 bridgehead atoms. The molecule has 7 heteroatoms. The molecule has 2 aliphatic rings. The van der Waals surface area contributed by atoms with Gasteiger partial charge in [-0.25, -0.2) is 8.42 Å². The Morgan fingerprint density at radius 2 is 1.66 bits per heavy atom. The van der Waals surface area contributed by atoms with Crippen LogP contribution in [0.5, 0.6) is 0 Å². The maximum absolute atomic E-state index is 13.5. The summed E-state index contributed by atoms with van der Waals surface area (Å²) in [7, 11) is -3.61. The summed E-state index contributed by atoms with van der Waals surface area (Å²) >= 11 is 5.93. The number of benzene rings is 2. The Hall–Kier alpha value is -2.41. The number of piperidine rings is 1. The number of pyridine rings is 1. The van der Waals surface area contributed by atoms with Crippen LogP contribution in [0.25, 0.3) is 11.1 Å². The smallest absolute Gasteiger partial charge is 0.258 e. The lowest BCUT2D eigenvalue weighted by Gasteiger charge is -2.42. The van der Waals surface area contributed by atoms with E-state index in [-0.39, 0.29) is 22.3 Å². The topological polar surface area (TPSA) is 59.4 Å². The SMILES string of the molecule is Cc1cccc(-c2ccc3n(c2=O)CC2CC3CN(S(=O)(=O)c3ccc(Cl)cc3)C2)c1C. The van der Waals surface area contributed by atoms with Crippen LogP contribution in [0.15, 0.2) is 64.3 Å². The summed E-state index contributed by atoms with van der Waals surface area (Å²) in [4.78, 5) is 13.7. The molecular formula is C25H25ClN2O3S. The predicted molar refractivity (Wildman–Crippen MR) is 127 cm³/mol. The fraction of sp³-hybridized carbons (Fsp3) is 0.320. The van der Waals surface area contributed by atoms with E-state index in [0.717, 1.165) is 28.8 Å². The number of aromatic nitrogens is 1. The number of hydrogen-bond acceptors (Lipinski definition) is 3. The third kappa shape index (κ3) is 3.51. The Labute approximate surface area is 193 Å². The fourth-order valence-corrected chi connectivity index (χ4v) is 6.79. The lowest BCUT2D eigenvalue weighted by Crippen LogP contribution is -2.49. The number of fused-ring (bicyclic) bond motifs is 4. The van der Waals surface area contributed by atoms with Gasteiger partial charge in [-0.15, -0.1) is 0 Å². The van der Waals surface area contributed by atoms with Crippen LogP contribution in [0.2, 0.25) is 5.02 Å². The van der Waals surface area contributed by atoms with Crippen LogP contribution in [-0.2, 0) is 16.6 Å². The summed E-state index contributed by atoms with van der Waals surface area (Å²) in [5.74, 6) is 0.111. The van der Waals surface area contributed by atoms with Gasteiger partial charge in [0.05, 0.1) is 4.90 Å². The Morgan fingerprint density at radius 1 is 0.906 bits per heavy atom. The van der Waals surface area contributed by atoms with E-state index in [4.69, 9.17) is 11.6 Å². The normalized spacial score (nSPS) is 20.7. The summed E-state index contributed by atoms with van der Waals surface area (Å²) in [6.07, 6.45) is 0.898. The van der Waals surface area contributed by atoms with Gasteiger partial charge in [0, 0.05) is 41.8 Å². The van der Waals surface area contributed by atoms with Crippen LogP contribution in [0.3, 0.4) is 0 Å². The van der Waals surface area contributed by atoms with Crippen molar-refractivity contribution in [3.63, 3.8) is 0 Å². The highest BCUT2D eigenvalue weighted by Gasteiger charge is 2.39. The molecule has 1 aromatic heterocycles. The standard InChI is InChI=1S/C25H25ClN2O3S/c1-16-4-3-5-22(17(16)2)23-10-11-24-19-12-18(14-28(24)25(23)29)13-27(15-19)32(30,31)21-8-6-20(26)7-9-21/h3-11,18-19H,12-15H2,1-2H3. The van der Waals surface area contributed by atoms with E-state index in [1.165, 1.54) is 0 Å². The van der Waals surface area contributed by atoms with E-state index < -0.39 is 10.0 Å². The summed E-state index contributed by atoms with van der Waals surface area (Å²) in [5.41, 5.74) is 4.88. The first-order valence-electron chi connectivity index (χ1n) is 10.8. The monoisotopic (exact) mass is 468 g/mol. The maximum atomic E-state index is 13.5. The van der Waals surface area contributed by atoms with Gasteiger partial charge in [-0.2, -0.15) is 4.31 Å². The average Bonchev–Trinajstić information content (AvgIpc) is 2.77. The predicted octanol–water partition coefficient (Wildman–Crippen LogP) is 4.59. The van der Waals surface area contributed by atoms with Crippen molar-refractivity contribution >= 4 is 21.6 Å². The Kier molecular flexibility index (Phi) is 5.27. The van der Waals surface area contributed by atoms with Crippen molar-refractivity contribution in [3.05, 3.63) is 86.8 Å². The summed E-state index contributed by atoms with van der Waals surface area (Å²) in [5, 5.41) is 0.507. The Bertz CT molecular complexity index is 1360. The summed E-state index contributed by atoms with van der Waals surface area (Å²) in [6, 6.07) is 16.3. The van der Waals surface area contributed by atoms with Gasteiger partial charge in [-0.3, -0.25) is 4.79 Å². The van der Waals surface area contributed by atoms with Gasteiger partial charge in [0.1, 0.15) is 0 Å². The van der Waals surface area contributed by atoms with Crippen LogP contribution in [0, 0.1) is 19.8 Å². The number of nitrogens with zero attached hydrogens (tertiary/aromatic N) is 2.